The van der Waals surface area contributed by atoms with Crippen molar-refractivity contribution in [2.75, 3.05) is 13.7 Å². The highest BCUT2D eigenvalue weighted by Gasteiger charge is 2.08. The third kappa shape index (κ3) is 3.89. The summed E-state index contributed by atoms with van der Waals surface area (Å²) >= 11 is 0. The second-order valence-electron chi connectivity index (χ2n) is 3.53. The molecule has 96 valence electrons. The average Bonchev–Trinajstić information content (AvgIpc) is 2.38. The highest BCUT2D eigenvalue weighted by Crippen LogP contribution is 2.04. The second-order valence-corrected chi connectivity index (χ2v) is 3.53. The molecule has 0 aliphatic rings. The van der Waals surface area contributed by atoms with Crippen molar-refractivity contribution in [3.63, 3.8) is 0 Å². The number of nitrogens with one attached hydrogen (secondary N) is 1. The van der Waals surface area contributed by atoms with Crippen molar-refractivity contribution < 1.29 is 19.1 Å². The highest BCUT2D eigenvalue weighted by molar-refractivity contribution is 5.99. The Balaban J connectivity index is 2.59. The number of hydrogen-bond donors (Lipinski definition) is 2. The van der Waals surface area contributed by atoms with E-state index in [0.717, 1.165) is 0 Å². The summed E-state index contributed by atoms with van der Waals surface area (Å²) in [6.07, 6.45) is 0.0950. The molecule has 1 rings (SSSR count). The van der Waals surface area contributed by atoms with Gasteiger partial charge in [0.25, 0.3) is 5.91 Å². The Bertz CT molecular complexity index is 471. The van der Waals surface area contributed by atoms with E-state index in [9.17, 15) is 14.4 Å². The molecular formula is C12H14N2O4. The van der Waals surface area contributed by atoms with Gasteiger partial charge in [-0.2, -0.15) is 0 Å². The maximum Gasteiger partial charge on any atom is 0.307 e. The lowest BCUT2D eigenvalue weighted by Crippen LogP contribution is -2.26. The predicted octanol–water partition coefficient (Wildman–Crippen LogP) is 0.0784. The molecule has 3 N–H and O–H groups in total. The molecule has 0 bridgehead atoms. The van der Waals surface area contributed by atoms with Crippen molar-refractivity contribution in [1.82, 2.24) is 5.32 Å². The van der Waals surface area contributed by atoms with E-state index in [0.29, 0.717) is 5.56 Å². The molecule has 0 unspecified atom stereocenters. The second kappa shape index (κ2) is 6.39. The minimum Gasteiger partial charge on any atom is -0.469 e. The molecule has 18 heavy (non-hydrogen) atoms. The number of carbonyl (C=O) groups excluding carboxylic acids is 3. The summed E-state index contributed by atoms with van der Waals surface area (Å²) in [5.41, 5.74) is 5.68. The first-order chi connectivity index (χ1) is 8.54. The molecule has 0 aromatic heterocycles. The fourth-order valence-electron chi connectivity index (χ4n) is 1.30. The van der Waals surface area contributed by atoms with E-state index >= 15 is 0 Å². The van der Waals surface area contributed by atoms with E-state index in [1.54, 1.807) is 12.1 Å². The number of ether oxygens (including phenoxy) is 1. The Labute approximate surface area is 104 Å². The normalized spacial score (nSPS) is 9.61. The molecule has 0 heterocycles. The molecule has 0 saturated carbocycles. The van der Waals surface area contributed by atoms with E-state index in [2.05, 4.69) is 10.1 Å². The molecule has 0 atom stereocenters. The van der Waals surface area contributed by atoms with Gasteiger partial charge in [-0.15, -0.1) is 0 Å². The SMILES string of the molecule is COC(=O)CCNC(=O)c1cccc(C(N)=O)c1. The van der Waals surface area contributed by atoms with Crippen LogP contribution >= 0.6 is 0 Å². The summed E-state index contributed by atoms with van der Waals surface area (Å²) in [5, 5.41) is 2.54. The maximum atomic E-state index is 11.7. The molecule has 0 aliphatic heterocycles. The average molecular weight is 250 g/mol. The van der Waals surface area contributed by atoms with Gasteiger partial charge in [-0.05, 0) is 18.2 Å². The summed E-state index contributed by atoms with van der Waals surface area (Å²) in [7, 11) is 1.28. The quantitative estimate of drug-likeness (QED) is 0.723. The van der Waals surface area contributed by atoms with Gasteiger partial charge < -0.3 is 15.8 Å². The molecular weight excluding hydrogens is 236 g/mol. The first-order valence-electron chi connectivity index (χ1n) is 5.29. The Hall–Kier alpha value is -2.37. The zero-order valence-corrected chi connectivity index (χ0v) is 9.93. The first kappa shape index (κ1) is 13.7. The summed E-state index contributed by atoms with van der Waals surface area (Å²) < 4.78 is 4.44. The molecule has 1 aromatic carbocycles. The smallest absolute Gasteiger partial charge is 0.307 e. The Kier molecular flexibility index (Phi) is 4.86. The van der Waals surface area contributed by atoms with Crippen molar-refractivity contribution in [2.45, 2.75) is 6.42 Å². The van der Waals surface area contributed by atoms with Crippen LogP contribution in [-0.2, 0) is 9.53 Å². The Morgan fingerprint density at radius 3 is 2.56 bits per heavy atom. The number of methoxy groups -OCH3 is 1. The topological polar surface area (TPSA) is 98.5 Å². The molecule has 1 aromatic rings. The monoisotopic (exact) mass is 250 g/mol. The van der Waals surface area contributed by atoms with Crippen molar-refractivity contribution >= 4 is 17.8 Å². The van der Waals surface area contributed by atoms with Crippen LogP contribution in [0.25, 0.3) is 0 Å². The number of primary amides is 1. The highest BCUT2D eigenvalue weighted by atomic mass is 16.5. The molecule has 2 amide bonds. The largest absolute Gasteiger partial charge is 0.469 e. The van der Waals surface area contributed by atoms with Crippen LogP contribution in [-0.4, -0.2) is 31.4 Å². The van der Waals surface area contributed by atoms with Crippen molar-refractivity contribution in [3.05, 3.63) is 35.4 Å². The number of carbonyl (C=O) groups is 3. The van der Waals surface area contributed by atoms with Gasteiger partial charge in [0.05, 0.1) is 13.5 Å². The van der Waals surface area contributed by atoms with Gasteiger partial charge in [0.2, 0.25) is 5.91 Å². The fraction of sp³-hybridized carbons (Fsp3) is 0.250. The van der Waals surface area contributed by atoms with Gasteiger partial charge in [0.15, 0.2) is 0 Å². The van der Waals surface area contributed by atoms with Crippen LogP contribution < -0.4 is 11.1 Å². The van der Waals surface area contributed by atoms with Crippen LogP contribution in [0.5, 0.6) is 0 Å². The zero-order chi connectivity index (χ0) is 13.5. The third-order valence-electron chi connectivity index (χ3n) is 2.25. The van der Waals surface area contributed by atoms with Crippen LogP contribution in [0.15, 0.2) is 24.3 Å². The number of amides is 2. The van der Waals surface area contributed by atoms with Crippen molar-refractivity contribution in [3.8, 4) is 0 Å². The standard InChI is InChI=1S/C12H14N2O4/c1-18-10(15)5-6-14-12(17)9-4-2-3-8(7-9)11(13)16/h2-4,7H,5-6H2,1H3,(H2,13,16)(H,14,17). The molecule has 0 fully saturated rings. The number of esters is 1. The zero-order valence-electron chi connectivity index (χ0n) is 9.93. The van der Waals surface area contributed by atoms with Crippen LogP contribution in [0.3, 0.4) is 0 Å². The number of nitrogens with two attached hydrogens (primary N) is 1. The molecule has 0 spiro atoms. The first-order valence-corrected chi connectivity index (χ1v) is 5.29. The van der Waals surface area contributed by atoms with E-state index in [-0.39, 0.29) is 24.4 Å². The fourth-order valence-corrected chi connectivity index (χ4v) is 1.30. The molecule has 0 aliphatic carbocycles. The van der Waals surface area contributed by atoms with Crippen LogP contribution in [0.1, 0.15) is 27.1 Å². The van der Waals surface area contributed by atoms with Gasteiger partial charge in [-0.25, -0.2) is 0 Å². The van der Waals surface area contributed by atoms with Gasteiger partial charge >= 0.3 is 5.97 Å². The number of rotatable bonds is 5. The minimum atomic E-state index is -0.598. The molecule has 6 nitrogen and oxygen atoms in total. The summed E-state index contributed by atoms with van der Waals surface area (Å²) in [4.78, 5) is 33.5. The Morgan fingerprint density at radius 2 is 1.94 bits per heavy atom. The molecule has 0 radical (unpaired) electrons. The van der Waals surface area contributed by atoms with Gasteiger partial charge in [0, 0.05) is 17.7 Å². The molecule has 0 saturated heterocycles. The predicted molar refractivity (Wildman–Crippen MR) is 63.9 cm³/mol. The maximum absolute atomic E-state index is 11.7. The summed E-state index contributed by atoms with van der Waals surface area (Å²) in [6.45, 7) is 0.173. The number of benzene rings is 1. The van der Waals surface area contributed by atoms with Crippen LogP contribution in [0, 0.1) is 0 Å². The lowest BCUT2D eigenvalue weighted by Gasteiger charge is -2.05. The van der Waals surface area contributed by atoms with E-state index < -0.39 is 11.9 Å². The van der Waals surface area contributed by atoms with Gasteiger partial charge in [-0.1, -0.05) is 6.07 Å². The van der Waals surface area contributed by atoms with E-state index in [4.69, 9.17) is 5.73 Å². The Morgan fingerprint density at radius 1 is 1.28 bits per heavy atom. The lowest BCUT2D eigenvalue weighted by atomic mass is 10.1. The lowest BCUT2D eigenvalue weighted by molar-refractivity contribution is -0.140. The minimum absolute atomic E-state index is 0.0950. The van der Waals surface area contributed by atoms with Crippen molar-refractivity contribution in [1.29, 1.82) is 0 Å². The van der Waals surface area contributed by atoms with Crippen LogP contribution in [0.4, 0.5) is 0 Å². The van der Waals surface area contributed by atoms with E-state index in [1.165, 1.54) is 19.2 Å². The third-order valence-corrected chi connectivity index (χ3v) is 2.25. The van der Waals surface area contributed by atoms with Gasteiger partial charge in [0.1, 0.15) is 0 Å². The van der Waals surface area contributed by atoms with Crippen LogP contribution in [0.2, 0.25) is 0 Å². The summed E-state index contributed by atoms with van der Waals surface area (Å²) in [5.74, 6) is -1.37. The van der Waals surface area contributed by atoms with Gasteiger partial charge in [-0.3, -0.25) is 14.4 Å². The number of hydrogen-bond acceptors (Lipinski definition) is 4. The van der Waals surface area contributed by atoms with Crippen molar-refractivity contribution in [2.24, 2.45) is 5.73 Å². The summed E-state index contributed by atoms with van der Waals surface area (Å²) in [6, 6.07) is 6.04. The molecule has 6 heteroatoms. The van der Waals surface area contributed by atoms with E-state index in [1.807, 2.05) is 0 Å².